The van der Waals surface area contributed by atoms with Crippen molar-refractivity contribution in [2.45, 2.75) is 50.6 Å². The van der Waals surface area contributed by atoms with Crippen molar-refractivity contribution in [1.82, 2.24) is 5.32 Å². The molecule has 8 nitrogen and oxygen atoms in total. The molecule has 1 aliphatic rings. The highest BCUT2D eigenvalue weighted by atomic mass is 32.1. The normalized spacial score (nSPS) is 14.2. The van der Waals surface area contributed by atoms with E-state index in [-0.39, 0.29) is 24.3 Å². The van der Waals surface area contributed by atoms with E-state index in [0.717, 1.165) is 37.0 Å². The fourth-order valence-corrected chi connectivity index (χ4v) is 5.71. The van der Waals surface area contributed by atoms with Gasteiger partial charge < -0.3 is 19.5 Å². The van der Waals surface area contributed by atoms with E-state index in [1.807, 2.05) is 17.5 Å². The van der Waals surface area contributed by atoms with Gasteiger partial charge in [0.15, 0.2) is 11.5 Å². The summed E-state index contributed by atoms with van der Waals surface area (Å²) < 4.78 is 16.1. The number of anilines is 1. The zero-order valence-electron chi connectivity index (χ0n) is 22.5. The van der Waals surface area contributed by atoms with Crippen LogP contribution in [0.4, 0.5) is 5.69 Å². The van der Waals surface area contributed by atoms with Crippen LogP contribution in [0, 0.1) is 0 Å². The van der Waals surface area contributed by atoms with Gasteiger partial charge in [-0.05, 0) is 54.6 Å². The smallest absolute Gasteiger partial charge is 0.337 e. The van der Waals surface area contributed by atoms with Gasteiger partial charge in [-0.1, -0.05) is 37.5 Å². The van der Waals surface area contributed by atoms with Crippen LogP contribution in [0.15, 0.2) is 60.0 Å². The first-order chi connectivity index (χ1) is 19.0. The van der Waals surface area contributed by atoms with Crippen molar-refractivity contribution in [3.05, 3.63) is 76.0 Å². The number of thiophene rings is 1. The van der Waals surface area contributed by atoms with Gasteiger partial charge in [-0.25, -0.2) is 4.79 Å². The van der Waals surface area contributed by atoms with Crippen molar-refractivity contribution in [3.8, 4) is 11.5 Å². The van der Waals surface area contributed by atoms with Crippen molar-refractivity contribution in [2.75, 3.05) is 26.2 Å². The Morgan fingerprint density at radius 1 is 0.949 bits per heavy atom. The second-order valence-electron chi connectivity index (χ2n) is 9.39. The summed E-state index contributed by atoms with van der Waals surface area (Å²) in [4.78, 5) is 42.6. The van der Waals surface area contributed by atoms with E-state index >= 15 is 0 Å². The molecular formula is C30H34N2O6S. The number of rotatable bonds is 10. The highest BCUT2D eigenvalue weighted by Gasteiger charge is 2.37. The Balaban J connectivity index is 1.84. The lowest BCUT2D eigenvalue weighted by Gasteiger charge is -2.34. The Labute approximate surface area is 232 Å². The molecule has 0 spiro atoms. The van der Waals surface area contributed by atoms with Gasteiger partial charge >= 0.3 is 5.97 Å². The summed E-state index contributed by atoms with van der Waals surface area (Å²) in [5.41, 5.74) is 1.31. The molecule has 1 unspecified atom stereocenters. The molecule has 1 aliphatic carbocycles. The van der Waals surface area contributed by atoms with Crippen molar-refractivity contribution >= 4 is 34.8 Å². The van der Waals surface area contributed by atoms with Gasteiger partial charge in [0.25, 0.3) is 0 Å². The van der Waals surface area contributed by atoms with Crippen LogP contribution in [-0.4, -0.2) is 45.2 Å². The van der Waals surface area contributed by atoms with Crippen molar-refractivity contribution in [2.24, 2.45) is 0 Å². The lowest BCUT2D eigenvalue weighted by molar-refractivity contribution is -0.127. The molecule has 3 aromatic rings. The van der Waals surface area contributed by atoms with Gasteiger partial charge in [0.2, 0.25) is 11.8 Å². The van der Waals surface area contributed by atoms with Gasteiger partial charge in [-0.2, -0.15) is 0 Å². The monoisotopic (exact) mass is 550 g/mol. The van der Waals surface area contributed by atoms with E-state index in [4.69, 9.17) is 14.2 Å². The van der Waals surface area contributed by atoms with Crippen LogP contribution < -0.4 is 19.7 Å². The van der Waals surface area contributed by atoms with Crippen molar-refractivity contribution < 1.29 is 28.6 Å². The zero-order valence-corrected chi connectivity index (χ0v) is 23.3. The molecule has 206 valence electrons. The van der Waals surface area contributed by atoms with Crippen molar-refractivity contribution in [1.29, 1.82) is 0 Å². The van der Waals surface area contributed by atoms with Crippen LogP contribution in [0.1, 0.15) is 58.9 Å². The minimum absolute atomic E-state index is 0.0290. The van der Waals surface area contributed by atoms with Gasteiger partial charge in [0.05, 0.1) is 33.3 Å². The van der Waals surface area contributed by atoms with Gasteiger partial charge in [0, 0.05) is 22.2 Å². The fraction of sp³-hybridized carbons (Fsp3) is 0.367. The molecule has 0 bridgehead atoms. The molecule has 4 rings (SSSR count). The summed E-state index contributed by atoms with van der Waals surface area (Å²) in [6.45, 7) is 0. The Morgan fingerprint density at radius 2 is 1.69 bits per heavy atom. The summed E-state index contributed by atoms with van der Waals surface area (Å²) in [5, 5.41) is 5.12. The predicted octanol–water partition coefficient (Wildman–Crippen LogP) is 5.32. The number of para-hydroxylation sites is 1. The molecule has 9 heteroatoms. The third-order valence-electron chi connectivity index (χ3n) is 6.93. The molecule has 1 aromatic heterocycles. The average molecular weight is 551 g/mol. The number of ether oxygens (including phenoxy) is 3. The van der Waals surface area contributed by atoms with Crippen molar-refractivity contribution in [3.63, 3.8) is 0 Å². The number of methoxy groups -OCH3 is 3. The molecule has 1 heterocycles. The zero-order chi connectivity index (χ0) is 27.8. The summed E-state index contributed by atoms with van der Waals surface area (Å²) in [6.07, 6.45) is 5.14. The van der Waals surface area contributed by atoms with Crippen LogP contribution in [0.5, 0.6) is 11.5 Å². The number of esters is 1. The summed E-state index contributed by atoms with van der Waals surface area (Å²) in [5.74, 6) is -0.220. The molecule has 0 saturated heterocycles. The minimum atomic E-state index is -1.05. The molecule has 0 aliphatic heterocycles. The third kappa shape index (κ3) is 6.60. The largest absolute Gasteiger partial charge is 0.493 e. The molecule has 0 radical (unpaired) electrons. The topological polar surface area (TPSA) is 94.2 Å². The van der Waals surface area contributed by atoms with E-state index in [0.29, 0.717) is 28.3 Å². The molecule has 39 heavy (non-hydrogen) atoms. The lowest BCUT2D eigenvalue weighted by atomic mass is 9.94. The molecular weight excluding hydrogens is 516 g/mol. The van der Waals surface area contributed by atoms with Gasteiger partial charge in [-0.15, -0.1) is 11.3 Å². The Kier molecular flexibility index (Phi) is 9.59. The number of hydrogen-bond donors (Lipinski definition) is 1. The van der Waals surface area contributed by atoms with Crippen LogP contribution in [-0.2, 0) is 20.7 Å². The standard InChI is InChI=1S/C30H34N2O6S/c1-36-25-13-7-12-24(28(25)37-2)27(29(34)31-21-9-5-4-6-10-21)32(26(33)19-23-11-8-18-39-23)22-16-14-20(15-17-22)30(35)38-3/h7-8,11-18,21,27H,4-6,9-10,19H2,1-3H3,(H,31,34). The van der Waals surface area contributed by atoms with E-state index < -0.39 is 12.0 Å². The minimum Gasteiger partial charge on any atom is -0.493 e. The summed E-state index contributed by atoms with van der Waals surface area (Å²) in [7, 11) is 4.36. The van der Waals surface area contributed by atoms with Gasteiger partial charge in [-0.3, -0.25) is 14.5 Å². The van der Waals surface area contributed by atoms with Crippen LogP contribution >= 0.6 is 11.3 Å². The third-order valence-corrected chi connectivity index (χ3v) is 7.80. The van der Waals surface area contributed by atoms with Crippen LogP contribution in [0.2, 0.25) is 0 Å². The number of nitrogens with one attached hydrogen (secondary N) is 1. The molecule has 1 fully saturated rings. The lowest BCUT2D eigenvalue weighted by Crippen LogP contribution is -2.47. The fourth-order valence-electron chi connectivity index (χ4n) is 5.01. The van der Waals surface area contributed by atoms with E-state index in [1.165, 1.54) is 37.6 Å². The number of nitrogens with zero attached hydrogens (tertiary/aromatic N) is 1. The van der Waals surface area contributed by atoms with Gasteiger partial charge in [0.1, 0.15) is 6.04 Å². The number of carbonyl (C=O) groups is 3. The number of hydrogen-bond acceptors (Lipinski definition) is 7. The first-order valence-corrected chi connectivity index (χ1v) is 13.9. The highest BCUT2D eigenvalue weighted by molar-refractivity contribution is 7.10. The second kappa shape index (κ2) is 13.3. The maximum atomic E-state index is 14.1. The molecule has 1 atom stereocenters. The van der Waals surface area contributed by atoms with E-state index in [9.17, 15) is 14.4 Å². The second-order valence-corrected chi connectivity index (χ2v) is 10.4. The molecule has 2 aromatic carbocycles. The number of carbonyl (C=O) groups excluding carboxylic acids is 3. The number of benzene rings is 2. The Hall–Kier alpha value is -3.85. The summed E-state index contributed by atoms with van der Waals surface area (Å²) >= 11 is 1.48. The average Bonchev–Trinajstić information content (AvgIpc) is 3.48. The molecule has 1 N–H and O–H groups in total. The Bertz CT molecular complexity index is 1270. The SMILES string of the molecule is COC(=O)c1ccc(N(C(=O)Cc2cccs2)C(C(=O)NC2CCCCC2)c2cccc(OC)c2OC)cc1. The quantitative estimate of drug-likeness (QED) is 0.344. The maximum Gasteiger partial charge on any atom is 0.337 e. The number of amides is 2. The van der Waals surface area contributed by atoms with Crippen LogP contribution in [0.3, 0.4) is 0 Å². The van der Waals surface area contributed by atoms with Crippen LogP contribution in [0.25, 0.3) is 0 Å². The first-order valence-electron chi connectivity index (χ1n) is 13.0. The Morgan fingerprint density at radius 3 is 2.31 bits per heavy atom. The van der Waals surface area contributed by atoms with E-state index in [2.05, 4.69) is 5.32 Å². The summed E-state index contributed by atoms with van der Waals surface area (Å²) in [6, 6.07) is 14.6. The maximum absolute atomic E-state index is 14.1. The molecule has 2 amide bonds. The highest BCUT2D eigenvalue weighted by Crippen LogP contribution is 2.39. The first kappa shape index (κ1) is 28.2. The van der Waals surface area contributed by atoms with E-state index in [1.54, 1.807) is 42.5 Å². The molecule has 1 saturated carbocycles. The predicted molar refractivity (Wildman–Crippen MR) is 151 cm³/mol.